The fourth-order valence-electron chi connectivity index (χ4n) is 2.98. The van der Waals surface area contributed by atoms with Gasteiger partial charge in [0.15, 0.2) is 0 Å². The molecule has 0 aliphatic rings. The first-order chi connectivity index (χ1) is 16.2. The van der Waals surface area contributed by atoms with Crippen LogP contribution in [-0.2, 0) is 14.3 Å². The van der Waals surface area contributed by atoms with Crippen LogP contribution in [0.5, 0.6) is 0 Å². The zero-order valence-electron chi connectivity index (χ0n) is 21.1. The van der Waals surface area contributed by atoms with Gasteiger partial charge in [-0.2, -0.15) is 0 Å². The lowest BCUT2D eigenvalue weighted by Crippen LogP contribution is -2.27. The molecule has 0 aromatic carbocycles. The molecule has 188 valence electrons. The van der Waals surface area contributed by atoms with Crippen molar-refractivity contribution in [2.75, 3.05) is 19.8 Å². The number of unbranched alkanes of at least 4 members (excludes halogenated alkanes) is 4. The second-order valence-electron chi connectivity index (χ2n) is 8.03. The van der Waals surface area contributed by atoms with Crippen LogP contribution in [0.25, 0.3) is 0 Å². The SMILES string of the molecule is CC/C=C\C/C=C\C/C=C\C/C=C\C/C=C\CCCCCCOCC(CO)OC(=O)CCC. The minimum Gasteiger partial charge on any atom is -0.457 e. The van der Waals surface area contributed by atoms with Crippen molar-refractivity contribution in [3.8, 4) is 0 Å². The van der Waals surface area contributed by atoms with E-state index in [2.05, 4.69) is 67.7 Å². The Labute approximate surface area is 203 Å². The summed E-state index contributed by atoms with van der Waals surface area (Å²) in [5.41, 5.74) is 0. The smallest absolute Gasteiger partial charge is 0.306 e. The Balaban J connectivity index is 3.49. The largest absolute Gasteiger partial charge is 0.457 e. The predicted molar refractivity (Wildman–Crippen MR) is 140 cm³/mol. The fourth-order valence-corrected chi connectivity index (χ4v) is 2.98. The van der Waals surface area contributed by atoms with Crippen LogP contribution in [0.4, 0.5) is 0 Å². The molecule has 1 N–H and O–H groups in total. The average molecular weight is 461 g/mol. The number of carbonyl (C=O) groups excluding carboxylic acids is 1. The van der Waals surface area contributed by atoms with Crippen molar-refractivity contribution in [2.45, 2.75) is 97.0 Å². The minimum atomic E-state index is -0.542. The number of hydrogen-bond donors (Lipinski definition) is 1. The summed E-state index contributed by atoms with van der Waals surface area (Å²) >= 11 is 0. The second-order valence-corrected chi connectivity index (χ2v) is 8.03. The number of allylic oxidation sites excluding steroid dienone is 10. The summed E-state index contributed by atoms with van der Waals surface area (Å²) in [6, 6.07) is 0. The van der Waals surface area contributed by atoms with Crippen molar-refractivity contribution in [3.05, 3.63) is 60.8 Å². The van der Waals surface area contributed by atoms with Crippen molar-refractivity contribution in [3.63, 3.8) is 0 Å². The van der Waals surface area contributed by atoms with Crippen molar-refractivity contribution in [1.82, 2.24) is 0 Å². The molecule has 0 rings (SSSR count). The van der Waals surface area contributed by atoms with Gasteiger partial charge in [0.1, 0.15) is 6.10 Å². The van der Waals surface area contributed by atoms with Gasteiger partial charge in [0.2, 0.25) is 0 Å². The zero-order valence-corrected chi connectivity index (χ0v) is 21.1. The summed E-state index contributed by atoms with van der Waals surface area (Å²) in [5.74, 6) is -0.268. The van der Waals surface area contributed by atoms with Crippen molar-refractivity contribution < 1.29 is 19.4 Å². The quantitative estimate of drug-likeness (QED) is 0.104. The summed E-state index contributed by atoms with van der Waals surface area (Å²) in [7, 11) is 0. The highest BCUT2D eigenvalue weighted by Crippen LogP contribution is 2.05. The normalized spacial score (nSPS) is 13.4. The van der Waals surface area contributed by atoms with Crippen LogP contribution in [0.2, 0.25) is 0 Å². The number of hydrogen-bond acceptors (Lipinski definition) is 4. The van der Waals surface area contributed by atoms with Gasteiger partial charge >= 0.3 is 5.97 Å². The second kappa shape index (κ2) is 26.3. The van der Waals surface area contributed by atoms with E-state index in [0.29, 0.717) is 13.0 Å². The maximum atomic E-state index is 11.4. The van der Waals surface area contributed by atoms with Gasteiger partial charge in [-0.15, -0.1) is 0 Å². The lowest BCUT2D eigenvalue weighted by atomic mass is 10.1. The third-order valence-electron chi connectivity index (χ3n) is 4.83. The van der Waals surface area contributed by atoms with E-state index in [9.17, 15) is 9.90 Å². The lowest BCUT2D eigenvalue weighted by Gasteiger charge is -2.15. The number of esters is 1. The van der Waals surface area contributed by atoms with E-state index in [4.69, 9.17) is 9.47 Å². The van der Waals surface area contributed by atoms with E-state index in [1.165, 1.54) is 12.8 Å². The summed E-state index contributed by atoms with van der Waals surface area (Å²) in [4.78, 5) is 11.4. The highest BCUT2D eigenvalue weighted by Gasteiger charge is 2.12. The molecular formula is C29H48O4. The number of aliphatic hydroxyl groups excluding tert-OH is 1. The first-order valence-electron chi connectivity index (χ1n) is 12.9. The maximum absolute atomic E-state index is 11.4. The monoisotopic (exact) mass is 460 g/mol. The molecular weight excluding hydrogens is 412 g/mol. The van der Waals surface area contributed by atoms with Crippen LogP contribution in [0, 0.1) is 0 Å². The molecule has 1 unspecified atom stereocenters. The molecule has 0 spiro atoms. The molecule has 0 radical (unpaired) electrons. The van der Waals surface area contributed by atoms with Crippen molar-refractivity contribution in [1.29, 1.82) is 0 Å². The molecule has 0 amide bonds. The van der Waals surface area contributed by atoms with Crippen LogP contribution in [-0.4, -0.2) is 37.0 Å². The average Bonchev–Trinajstić information content (AvgIpc) is 2.81. The highest BCUT2D eigenvalue weighted by molar-refractivity contribution is 5.69. The third-order valence-corrected chi connectivity index (χ3v) is 4.83. The van der Waals surface area contributed by atoms with Gasteiger partial charge in [-0.25, -0.2) is 0 Å². The summed E-state index contributed by atoms with van der Waals surface area (Å²) < 4.78 is 10.7. The van der Waals surface area contributed by atoms with Crippen LogP contribution in [0.3, 0.4) is 0 Å². The third kappa shape index (κ3) is 24.6. The molecule has 4 heteroatoms. The molecule has 1 atom stereocenters. The Morgan fingerprint density at radius 3 is 1.85 bits per heavy atom. The minimum absolute atomic E-state index is 0.192. The summed E-state index contributed by atoms with van der Waals surface area (Å²) in [5, 5.41) is 9.24. The standard InChI is InChI=1S/C29H48O4/c1-3-5-6-7-8-9-10-11-12-13-14-15-16-17-18-19-20-21-22-23-25-32-27-28(26-30)33-29(31)24-4-2/h5-6,8-9,11-12,14-15,17-18,28,30H,3-4,7,10,13,16,19-27H2,1-2H3/b6-5-,9-8-,12-11-,15-14-,18-17-. The topological polar surface area (TPSA) is 55.8 Å². The van der Waals surface area contributed by atoms with Gasteiger partial charge in [0.05, 0.1) is 13.2 Å². The first kappa shape index (κ1) is 31.1. The van der Waals surface area contributed by atoms with E-state index in [1.807, 2.05) is 6.92 Å². The van der Waals surface area contributed by atoms with E-state index in [0.717, 1.165) is 57.8 Å². The molecule has 0 bridgehead atoms. The van der Waals surface area contributed by atoms with E-state index >= 15 is 0 Å². The molecule has 0 heterocycles. The zero-order chi connectivity index (χ0) is 24.2. The van der Waals surface area contributed by atoms with Gasteiger partial charge in [-0.05, 0) is 57.8 Å². The van der Waals surface area contributed by atoms with Gasteiger partial charge in [-0.3, -0.25) is 4.79 Å². The molecule has 0 saturated heterocycles. The highest BCUT2D eigenvalue weighted by atomic mass is 16.6. The first-order valence-corrected chi connectivity index (χ1v) is 12.9. The molecule has 0 fully saturated rings. The molecule has 0 aliphatic heterocycles. The lowest BCUT2D eigenvalue weighted by molar-refractivity contribution is -0.154. The van der Waals surface area contributed by atoms with E-state index in [1.54, 1.807) is 0 Å². The summed E-state index contributed by atoms with van der Waals surface area (Å²) in [6.45, 7) is 4.80. The molecule has 4 nitrogen and oxygen atoms in total. The van der Waals surface area contributed by atoms with Gasteiger partial charge in [-0.1, -0.05) is 87.4 Å². The molecule has 0 aromatic heterocycles. The van der Waals surface area contributed by atoms with Crippen molar-refractivity contribution >= 4 is 5.97 Å². The number of aliphatic hydroxyl groups is 1. The van der Waals surface area contributed by atoms with Crippen molar-refractivity contribution in [2.24, 2.45) is 0 Å². The van der Waals surface area contributed by atoms with E-state index in [-0.39, 0.29) is 19.2 Å². The Hall–Kier alpha value is -1.91. The van der Waals surface area contributed by atoms with Crippen LogP contribution in [0.1, 0.15) is 90.9 Å². The number of carbonyl (C=O) groups is 1. The molecule has 0 aliphatic carbocycles. The Morgan fingerprint density at radius 2 is 1.30 bits per heavy atom. The van der Waals surface area contributed by atoms with Crippen LogP contribution < -0.4 is 0 Å². The maximum Gasteiger partial charge on any atom is 0.306 e. The molecule has 0 aromatic rings. The number of rotatable bonds is 22. The fraction of sp³-hybridized carbons (Fsp3) is 0.621. The predicted octanol–water partition coefficient (Wildman–Crippen LogP) is 7.41. The van der Waals surface area contributed by atoms with Gasteiger partial charge in [0, 0.05) is 13.0 Å². The molecule has 0 saturated carbocycles. The van der Waals surface area contributed by atoms with Crippen LogP contribution in [0.15, 0.2) is 60.8 Å². The Bertz CT molecular complexity index is 572. The van der Waals surface area contributed by atoms with Gasteiger partial charge < -0.3 is 14.6 Å². The summed E-state index contributed by atoms with van der Waals surface area (Å²) in [6.07, 6.45) is 33.6. The molecule has 33 heavy (non-hydrogen) atoms. The van der Waals surface area contributed by atoms with Crippen LogP contribution >= 0.6 is 0 Å². The number of ether oxygens (including phenoxy) is 2. The van der Waals surface area contributed by atoms with Gasteiger partial charge in [0.25, 0.3) is 0 Å². The van der Waals surface area contributed by atoms with E-state index < -0.39 is 6.10 Å². The Kier molecular flexibility index (Phi) is 24.8. The Morgan fingerprint density at radius 1 is 0.758 bits per heavy atom.